The summed E-state index contributed by atoms with van der Waals surface area (Å²) < 4.78 is 1.12. The van der Waals surface area contributed by atoms with Gasteiger partial charge in [0, 0.05) is 16.6 Å². The van der Waals surface area contributed by atoms with Gasteiger partial charge in [0.25, 0.3) is 0 Å². The van der Waals surface area contributed by atoms with Crippen LogP contribution in [0.2, 0.25) is 0 Å². The number of halogens is 1. The SMILES string of the molecule is CC(C)NC(=O)C(C)NC1CC(c2ccc(Br)cc2)C1. The standard InChI is InChI=1S/C16H23BrN2O/c1-10(2)18-16(20)11(3)19-15-8-13(9-15)12-4-6-14(17)7-5-12/h4-7,10-11,13,15,19H,8-9H2,1-3H3,(H,18,20). The van der Waals surface area contributed by atoms with Gasteiger partial charge < -0.3 is 10.6 Å². The molecule has 0 spiro atoms. The van der Waals surface area contributed by atoms with Gasteiger partial charge in [0.15, 0.2) is 0 Å². The van der Waals surface area contributed by atoms with Crippen molar-refractivity contribution in [3.8, 4) is 0 Å². The molecular weight excluding hydrogens is 316 g/mol. The monoisotopic (exact) mass is 338 g/mol. The van der Waals surface area contributed by atoms with Gasteiger partial charge in [-0.05, 0) is 57.2 Å². The first-order chi connectivity index (χ1) is 9.45. The van der Waals surface area contributed by atoms with Gasteiger partial charge in [0.1, 0.15) is 0 Å². The molecule has 110 valence electrons. The molecule has 1 aliphatic carbocycles. The fourth-order valence-electron chi connectivity index (χ4n) is 2.60. The molecule has 0 bridgehead atoms. The maximum absolute atomic E-state index is 11.8. The van der Waals surface area contributed by atoms with Gasteiger partial charge in [-0.3, -0.25) is 4.79 Å². The Kier molecular flexibility index (Phi) is 5.22. The van der Waals surface area contributed by atoms with Crippen LogP contribution in [0.1, 0.15) is 45.1 Å². The minimum atomic E-state index is -0.117. The van der Waals surface area contributed by atoms with Crippen molar-refractivity contribution < 1.29 is 4.79 Å². The zero-order valence-corrected chi connectivity index (χ0v) is 13.9. The quantitative estimate of drug-likeness (QED) is 0.865. The molecule has 20 heavy (non-hydrogen) atoms. The predicted octanol–water partition coefficient (Wildman–Crippen LogP) is 3.20. The highest BCUT2D eigenvalue weighted by Crippen LogP contribution is 2.37. The molecule has 0 aromatic heterocycles. The lowest BCUT2D eigenvalue weighted by Crippen LogP contribution is -2.51. The number of amides is 1. The Bertz CT molecular complexity index is 452. The number of carbonyl (C=O) groups excluding carboxylic acids is 1. The number of rotatable bonds is 5. The first-order valence-corrected chi connectivity index (χ1v) is 8.07. The lowest BCUT2D eigenvalue weighted by molar-refractivity contribution is -0.123. The van der Waals surface area contributed by atoms with Crippen molar-refractivity contribution in [2.45, 2.75) is 57.7 Å². The smallest absolute Gasteiger partial charge is 0.237 e. The molecule has 2 N–H and O–H groups in total. The topological polar surface area (TPSA) is 41.1 Å². The minimum Gasteiger partial charge on any atom is -0.353 e. The summed E-state index contributed by atoms with van der Waals surface area (Å²) in [6.45, 7) is 5.90. The zero-order valence-electron chi connectivity index (χ0n) is 12.3. The van der Waals surface area contributed by atoms with Crippen LogP contribution in [0.4, 0.5) is 0 Å². The lowest BCUT2D eigenvalue weighted by atomic mass is 9.75. The van der Waals surface area contributed by atoms with Gasteiger partial charge in [-0.1, -0.05) is 28.1 Å². The van der Waals surface area contributed by atoms with Crippen LogP contribution in [0.3, 0.4) is 0 Å². The number of hydrogen-bond acceptors (Lipinski definition) is 2. The van der Waals surface area contributed by atoms with E-state index in [0.717, 1.165) is 17.3 Å². The average Bonchev–Trinajstić information content (AvgIpc) is 2.33. The van der Waals surface area contributed by atoms with E-state index in [1.165, 1.54) is 5.56 Å². The van der Waals surface area contributed by atoms with E-state index >= 15 is 0 Å². The van der Waals surface area contributed by atoms with Crippen LogP contribution in [0.5, 0.6) is 0 Å². The van der Waals surface area contributed by atoms with Gasteiger partial charge in [0.2, 0.25) is 5.91 Å². The minimum absolute atomic E-state index is 0.0899. The molecule has 1 aromatic carbocycles. The average molecular weight is 339 g/mol. The van der Waals surface area contributed by atoms with E-state index in [2.05, 4.69) is 50.8 Å². The van der Waals surface area contributed by atoms with Crippen molar-refractivity contribution in [3.63, 3.8) is 0 Å². The Labute approximate surface area is 129 Å². The summed E-state index contributed by atoms with van der Waals surface area (Å²) in [6, 6.07) is 9.08. The second kappa shape index (κ2) is 6.72. The molecule has 2 rings (SSSR count). The van der Waals surface area contributed by atoms with Gasteiger partial charge in [-0.15, -0.1) is 0 Å². The summed E-state index contributed by atoms with van der Waals surface area (Å²) in [4.78, 5) is 11.8. The summed E-state index contributed by atoms with van der Waals surface area (Å²) in [5.41, 5.74) is 1.39. The van der Waals surface area contributed by atoms with Crippen LogP contribution in [0.15, 0.2) is 28.7 Å². The molecule has 1 amide bonds. The molecule has 1 saturated carbocycles. The molecule has 3 nitrogen and oxygen atoms in total. The third-order valence-electron chi connectivity index (χ3n) is 3.79. The Morgan fingerprint density at radius 2 is 1.80 bits per heavy atom. The predicted molar refractivity (Wildman–Crippen MR) is 85.8 cm³/mol. The lowest BCUT2D eigenvalue weighted by Gasteiger charge is -2.38. The molecule has 0 heterocycles. The third-order valence-corrected chi connectivity index (χ3v) is 4.32. The van der Waals surface area contributed by atoms with Gasteiger partial charge in [-0.2, -0.15) is 0 Å². The van der Waals surface area contributed by atoms with Gasteiger partial charge in [-0.25, -0.2) is 0 Å². The van der Waals surface area contributed by atoms with Crippen molar-refractivity contribution in [1.29, 1.82) is 0 Å². The Balaban J connectivity index is 1.76. The normalized spacial score (nSPS) is 23.2. The Morgan fingerprint density at radius 1 is 1.20 bits per heavy atom. The van der Waals surface area contributed by atoms with Crippen LogP contribution in [0.25, 0.3) is 0 Å². The highest BCUT2D eigenvalue weighted by molar-refractivity contribution is 9.10. The van der Waals surface area contributed by atoms with E-state index in [-0.39, 0.29) is 18.0 Å². The maximum atomic E-state index is 11.8. The highest BCUT2D eigenvalue weighted by atomic mass is 79.9. The first-order valence-electron chi connectivity index (χ1n) is 7.27. The number of benzene rings is 1. The molecule has 1 aromatic rings. The van der Waals surface area contributed by atoms with Crippen LogP contribution < -0.4 is 10.6 Å². The van der Waals surface area contributed by atoms with E-state index in [4.69, 9.17) is 0 Å². The number of nitrogens with one attached hydrogen (secondary N) is 2. The molecule has 0 aliphatic heterocycles. The summed E-state index contributed by atoms with van der Waals surface area (Å²) >= 11 is 3.46. The molecular formula is C16H23BrN2O. The third kappa shape index (κ3) is 4.06. The van der Waals surface area contributed by atoms with Crippen LogP contribution >= 0.6 is 15.9 Å². The number of carbonyl (C=O) groups is 1. The van der Waals surface area contributed by atoms with E-state index in [1.807, 2.05) is 20.8 Å². The summed E-state index contributed by atoms with van der Waals surface area (Å²) in [5.74, 6) is 0.716. The largest absolute Gasteiger partial charge is 0.353 e. The maximum Gasteiger partial charge on any atom is 0.237 e. The van der Waals surface area contributed by atoms with E-state index in [1.54, 1.807) is 0 Å². The Morgan fingerprint density at radius 3 is 2.35 bits per heavy atom. The first kappa shape index (κ1) is 15.5. The summed E-state index contributed by atoms with van der Waals surface area (Å²) in [6.07, 6.45) is 2.22. The van der Waals surface area contributed by atoms with Crippen molar-refractivity contribution in [3.05, 3.63) is 34.3 Å². The van der Waals surface area contributed by atoms with Crippen molar-refractivity contribution in [2.24, 2.45) is 0 Å². The Hall–Kier alpha value is -0.870. The molecule has 0 saturated heterocycles. The molecule has 0 radical (unpaired) electrons. The molecule has 1 unspecified atom stereocenters. The van der Waals surface area contributed by atoms with Crippen molar-refractivity contribution in [2.75, 3.05) is 0 Å². The molecule has 1 atom stereocenters. The zero-order chi connectivity index (χ0) is 14.7. The summed E-state index contributed by atoms with van der Waals surface area (Å²) in [7, 11) is 0. The van der Waals surface area contributed by atoms with Gasteiger partial charge >= 0.3 is 0 Å². The molecule has 1 fully saturated rings. The fraction of sp³-hybridized carbons (Fsp3) is 0.562. The van der Waals surface area contributed by atoms with E-state index < -0.39 is 0 Å². The summed E-state index contributed by atoms with van der Waals surface area (Å²) in [5, 5.41) is 6.35. The van der Waals surface area contributed by atoms with Gasteiger partial charge in [0.05, 0.1) is 6.04 Å². The van der Waals surface area contributed by atoms with E-state index in [0.29, 0.717) is 12.0 Å². The van der Waals surface area contributed by atoms with Crippen LogP contribution in [-0.4, -0.2) is 24.0 Å². The van der Waals surface area contributed by atoms with Crippen molar-refractivity contribution >= 4 is 21.8 Å². The second-order valence-electron chi connectivity index (χ2n) is 5.97. The second-order valence-corrected chi connectivity index (χ2v) is 6.88. The van der Waals surface area contributed by atoms with Crippen LogP contribution in [0, 0.1) is 0 Å². The highest BCUT2D eigenvalue weighted by Gasteiger charge is 2.32. The number of hydrogen-bond donors (Lipinski definition) is 2. The van der Waals surface area contributed by atoms with E-state index in [9.17, 15) is 4.79 Å². The van der Waals surface area contributed by atoms with Crippen molar-refractivity contribution in [1.82, 2.24) is 10.6 Å². The fourth-order valence-corrected chi connectivity index (χ4v) is 2.86. The molecule has 1 aliphatic rings. The van der Waals surface area contributed by atoms with Crippen LogP contribution in [-0.2, 0) is 4.79 Å². The molecule has 4 heteroatoms.